The van der Waals surface area contributed by atoms with E-state index in [4.69, 9.17) is 0 Å². The third-order valence-electron chi connectivity index (χ3n) is 2.57. The Morgan fingerprint density at radius 3 is 2.67 bits per heavy atom. The molecule has 7 heteroatoms. The van der Waals surface area contributed by atoms with Gasteiger partial charge in [0.25, 0.3) is 0 Å². The average molecular weight is 312 g/mol. The largest absolute Gasteiger partial charge is 0.417 e. The van der Waals surface area contributed by atoms with Gasteiger partial charge in [-0.2, -0.15) is 18.3 Å². The van der Waals surface area contributed by atoms with E-state index in [2.05, 4.69) is 10.5 Å². The quantitative estimate of drug-likeness (QED) is 0.682. The number of amides is 1. The Labute approximate surface area is 123 Å². The molecule has 0 aliphatic carbocycles. The summed E-state index contributed by atoms with van der Waals surface area (Å²) in [7, 11) is 0. The van der Waals surface area contributed by atoms with Crippen molar-refractivity contribution in [1.82, 2.24) is 5.43 Å². The van der Waals surface area contributed by atoms with Crippen LogP contribution in [0.1, 0.15) is 16.0 Å². The van der Waals surface area contributed by atoms with Crippen molar-refractivity contribution >= 4 is 23.5 Å². The molecule has 0 unspecified atom stereocenters. The van der Waals surface area contributed by atoms with Crippen LogP contribution < -0.4 is 5.43 Å². The predicted molar refractivity (Wildman–Crippen MR) is 75.2 cm³/mol. The Bertz CT molecular complexity index is 636. The molecule has 0 aliphatic heterocycles. The first-order valence-corrected chi connectivity index (χ1v) is 6.85. The van der Waals surface area contributed by atoms with E-state index < -0.39 is 11.7 Å². The molecule has 1 amide bonds. The fraction of sp³-hybridized carbons (Fsp3) is 0.143. The summed E-state index contributed by atoms with van der Waals surface area (Å²) < 4.78 is 38.2. The van der Waals surface area contributed by atoms with E-state index >= 15 is 0 Å². The predicted octanol–water partition coefficient (Wildman–Crippen LogP) is 3.46. The molecule has 2 aromatic rings. The van der Waals surface area contributed by atoms with E-state index in [9.17, 15) is 18.0 Å². The van der Waals surface area contributed by atoms with Gasteiger partial charge < -0.3 is 0 Å². The lowest BCUT2D eigenvalue weighted by molar-refractivity contribution is -0.137. The molecule has 21 heavy (non-hydrogen) atoms. The topological polar surface area (TPSA) is 41.5 Å². The molecule has 3 nitrogen and oxygen atoms in total. The van der Waals surface area contributed by atoms with Gasteiger partial charge in [-0.25, -0.2) is 5.43 Å². The molecular weight excluding hydrogens is 301 g/mol. The molecular formula is C14H11F3N2OS. The van der Waals surface area contributed by atoms with Crippen molar-refractivity contribution in [1.29, 1.82) is 0 Å². The van der Waals surface area contributed by atoms with E-state index in [1.807, 2.05) is 11.4 Å². The summed E-state index contributed by atoms with van der Waals surface area (Å²) in [6.07, 6.45) is -3.31. The summed E-state index contributed by atoms with van der Waals surface area (Å²) in [6, 6.07) is 8.65. The Morgan fingerprint density at radius 1 is 1.24 bits per heavy atom. The lowest BCUT2D eigenvalue weighted by atomic mass is 10.1. The van der Waals surface area contributed by atoms with Crippen LogP contribution in [0.25, 0.3) is 0 Å². The Balaban J connectivity index is 2.00. The fourth-order valence-electron chi connectivity index (χ4n) is 1.65. The molecule has 0 saturated heterocycles. The maximum absolute atomic E-state index is 12.7. The molecule has 1 aromatic carbocycles. The molecule has 0 radical (unpaired) electrons. The van der Waals surface area contributed by atoms with Gasteiger partial charge >= 0.3 is 6.18 Å². The van der Waals surface area contributed by atoms with Crippen LogP contribution in [0.15, 0.2) is 46.9 Å². The summed E-state index contributed by atoms with van der Waals surface area (Å²) in [5.41, 5.74) is 1.33. The van der Waals surface area contributed by atoms with Gasteiger partial charge in [0.05, 0.1) is 18.2 Å². The van der Waals surface area contributed by atoms with Crippen LogP contribution in [-0.2, 0) is 17.4 Å². The van der Waals surface area contributed by atoms with Gasteiger partial charge in [-0.1, -0.05) is 24.3 Å². The summed E-state index contributed by atoms with van der Waals surface area (Å²) in [5.74, 6) is -0.377. The molecule has 110 valence electrons. The highest BCUT2D eigenvalue weighted by atomic mass is 32.1. The van der Waals surface area contributed by atoms with Crippen molar-refractivity contribution in [3.8, 4) is 0 Å². The molecule has 2 rings (SSSR count). The van der Waals surface area contributed by atoms with Gasteiger partial charge in [0.15, 0.2) is 0 Å². The lowest BCUT2D eigenvalue weighted by Gasteiger charge is -2.09. The van der Waals surface area contributed by atoms with Crippen LogP contribution in [0.5, 0.6) is 0 Å². The number of hydrogen-bond donors (Lipinski definition) is 1. The van der Waals surface area contributed by atoms with Gasteiger partial charge in [-0.05, 0) is 17.5 Å². The highest BCUT2D eigenvalue weighted by Crippen LogP contribution is 2.30. The summed E-state index contributed by atoms with van der Waals surface area (Å²) in [5, 5.41) is 5.42. The third kappa shape index (κ3) is 4.42. The second kappa shape index (κ2) is 6.53. The smallest absolute Gasteiger partial charge is 0.273 e. The van der Waals surface area contributed by atoms with Crippen molar-refractivity contribution in [2.24, 2.45) is 5.10 Å². The normalized spacial score (nSPS) is 11.8. The van der Waals surface area contributed by atoms with Gasteiger partial charge in [0.2, 0.25) is 5.91 Å². The van der Waals surface area contributed by atoms with Crippen LogP contribution in [0, 0.1) is 0 Å². The van der Waals surface area contributed by atoms with Crippen molar-refractivity contribution in [3.63, 3.8) is 0 Å². The molecule has 1 N–H and O–H groups in total. The number of nitrogens with zero attached hydrogens (tertiary/aromatic N) is 1. The number of hydrogen-bond acceptors (Lipinski definition) is 3. The van der Waals surface area contributed by atoms with E-state index in [1.54, 1.807) is 6.07 Å². The Morgan fingerprint density at radius 2 is 2.00 bits per heavy atom. The Hall–Kier alpha value is -2.15. The van der Waals surface area contributed by atoms with Crippen LogP contribution in [0.3, 0.4) is 0 Å². The van der Waals surface area contributed by atoms with Crippen molar-refractivity contribution < 1.29 is 18.0 Å². The number of benzene rings is 1. The third-order valence-corrected chi connectivity index (χ3v) is 3.45. The maximum atomic E-state index is 12.7. The van der Waals surface area contributed by atoms with E-state index in [0.717, 1.165) is 17.2 Å². The van der Waals surface area contributed by atoms with Crippen LogP contribution in [-0.4, -0.2) is 12.1 Å². The molecule has 0 fully saturated rings. The zero-order chi connectivity index (χ0) is 15.3. The van der Waals surface area contributed by atoms with E-state index in [1.165, 1.54) is 29.5 Å². The summed E-state index contributed by atoms with van der Waals surface area (Å²) >= 11 is 1.43. The molecule has 1 heterocycles. The van der Waals surface area contributed by atoms with Crippen molar-refractivity contribution in [2.45, 2.75) is 12.6 Å². The summed E-state index contributed by atoms with van der Waals surface area (Å²) in [6.45, 7) is 0. The average Bonchev–Trinajstić information content (AvgIpc) is 2.91. The zero-order valence-electron chi connectivity index (χ0n) is 10.7. The number of hydrazone groups is 1. The molecule has 0 atom stereocenters. The second-order valence-corrected chi connectivity index (χ2v) is 5.17. The first-order valence-electron chi connectivity index (χ1n) is 5.97. The van der Waals surface area contributed by atoms with Crippen LogP contribution in [0.2, 0.25) is 0 Å². The number of carbonyl (C=O) groups is 1. The highest BCUT2D eigenvalue weighted by Gasteiger charge is 2.32. The van der Waals surface area contributed by atoms with Crippen LogP contribution >= 0.6 is 11.3 Å². The number of rotatable bonds is 4. The fourth-order valence-corrected chi connectivity index (χ4v) is 2.36. The van der Waals surface area contributed by atoms with Gasteiger partial charge in [0, 0.05) is 10.4 Å². The van der Waals surface area contributed by atoms with Gasteiger partial charge in [-0.15, -0.1) is 11.3 Å². The molecule has 0 bridgehead atoms. The van der Waals surface area contributed by atoms with E-state index in [0.29, 0.717) is 0 Å². The molecule has 0 aliphatic rings. The lowest BCUT2D eigenvalue weighted by Crippen LogP contribution is -2.19. The minimum atomic E-state index is -4.45. The maximum Gasteiger partial charge on any atom is 0.417 e. The monoisotopic (exact) mass is 312 g/mol. The minimum absolute atomic E-state index is 0.0959. The first kappa shape index (κ1) is 15.2. The second-order valence-electron chi connectivity index (χ2n) is 4.13. The van der Waals surface area contributed by atoms with Gasteiger partial charge in [-0.3, -0.25) is 4.79 Å². The van der Waals surface area contributed by atoms with Crippen molar-refractivity contribution in [3.05, 3.63) is 57.8 Å². The molecule has 1 aromatic heterocycles. The number of carbonyl (C=O) groups excluding carboxylic acids is 1. The zero-order valence-corrected chi connectivity index (χ0v) is 11.5. The minimum Gasteiger partial charge on any atom is -0.273 e. The van der Waals surface area contributed by atoms with E-state index in [-0.39, 0.29) is 17.9 Å². The SMILES string of the molecule is O=C(Cc1cccs1)NN=Cc1ccccc1C(F)(F)F. The van der Waals surface area contributed by atoms with Gasteiger partial charge in [0.1, 0.15) is 0 Å². The standard InChI is InChI=1S/C14H11F3N2OS/c15-14(16,17)12-6-2-1-4-10(12)9-18-19-13(20)8-11-5-3-7-21-11/h1-7,9H,8H2,(H,19,20). The number of halogens is 3. The Kier molecular flexibility index (Phi) is 4.74. The van der Waals surface area contributed by atoms with Crippen LogP contribution in [0.4, 0.5) is 13.2 Å². The molecule has 0 spiro atoms. The van der Waals surface area contributed by atoms with Crippen molar-refractivity contribution in [2.75, 3.05) is 0 Å². The number of alkyl halides is 3. The summed E-state index contributed by atoms with van der Waals surface area (Å²) in [4.78, 5) is 12.4. The number of thiophene rings is 1. The number of nitrogens with one attached hydrogen (secondary N) is 1. The highest BCUT2D eigenvalue weighted by molar-refractivity contribution is 7.10. The molecule has 0 saturated carbocycles. The first-order chi connectivity index (χ1) is 9.97.